The average Bonchev–Trinajstić information content (AvgIpc) is 2.72. The molecule has 0 aliphatic carbocycles. The van der Waals surface area contributed by atoms with Crippen LogP contribution in [-0.2, 0) is 11.3 Å². The van der Waals surface area contributed by atoms with Crippen LogP contribution < -0.4 is 5.73 Å². The molecular weight excluding hydrogens is 262 g/mol. The highest BCUT2D eigenvalue weighted by molar-refractivity contribution is 5.36. The van der Waals surface area contributed by atoms with Crippen LogP contribution >= 0.6 is 0 Å². The van der Waals surface area contributed by atoms with Gasteiger partial charge < -0.3 is 10.5 Å². The van der Waals surface area contributed by atoms with Gasteiger partial charge in [-0.3, -0.25) is 4.90 Å². The molecule has 1 heterocycles. The molecule has 1 aromatic rings. The number of nitrogens with zero attached hydrogens (tertiary/aromatic N) is 1. The van der Waals surface area contributed by atoms with Crippen LogP contribution in [0.3, 0.4) is 0 Å². The number of nitrogens with two attached hydrogens (primary N) is 1. The van der Waals surface area contributed by atoms with E-state index in [1.807, 2.05) is 13.8 Å². The molecule has 5 heteroatoms. The number of halogens is 2. The highest BCUT2D eigenvalue weighted by Gasteiger charge is 2.32. The number of benzene rings is 1. The van der Waals surface area contributed by atoms with E-state index in [1.165, 1.54) is 6.07 Å². The second kappa shape index (κ2) is 6.61. The maximum Gasteiger partial charge on any atom is 0.131 e. The van der Waals surface area contributed by atoms with E-state index in [0.29, 0.717) is 30.8 Å². The second-order valence-corrected chi connectivity index (χ2v) is 5.46. The van der Waals surface area contributed by atoms with Gasteiger partial charge in [0.25, 0.3) is 0 Å². The first kappa shape index (κ1) is 15.4. The number of hydrogen-bond acceptors (Lipinski definition) is 3. The molecule has 0 bridgehead atoms. The molecular formula is C15H22F2N2O. The Morgan fingerprint density at radius 1 is 1.40 bits per heavy atom. The molecule has 1 unspecified atom stereocenters. The van der Waals surface area contributed by atoms with Crippen LogP contribution in [0.2, 0.25) is 0 Å². The first-order chi connectivity index (χ1) is 9.52. The van der Waals surface area contributed by atoms with Crippen LogP contribution in [0.15, 0.2) is 12.1 Å². The van der Waals surface area contributed by atoms with E-state index in [4.69, 9.17) is 10.5 Å². The Morgan fingerprint density at radius 2 is 2.15 bits per heavy atom. The predicted octanol–water partition coefficient (Wildman–Crippen LogP) is 2.60. The lowest BCUT2D eigenvalue weighted by Gasteiger charge is -2.24. The van der Waals surface area contributed by atoms with E-state index >= 15 is 0 Å². The van der Waals surface area contributed by atoms with Gasteiger partial charge in [0.15, 0.2) is 0 Å². The predicted molar refractivity (Wildman–Crippen MR) is 74.3 cm³/mol. The fourth-order valence-corrected chi connectivity index (χ4v) is 2.74. The van der Waals surface area contributed by atoms with Crippen LogP contribution in [0.4, 0.5) is 8.78 Å². The molecule has 112 valence electrons. The SMILES string of the molecule is CC(C)OCCCN1Cc2cc(F)cc(F)c2C1CN. The lowest BCUT2D eigenvalue weighted by atomic mass is 10.0. The van der Waals surface area contributed by atoms with Crippen molar-refractivity contribution in [2.24, 2.45) is 5.73 Å². The van der Waals surface area contributed by atoms with Crippen LogP contribution in [0.5, 0.6) is 0 Å². The largest absolute Gasteiger partial charge is 0.379 e. The van der Waals surface area contributed by atoms with Crippen LogP contribution in [0.1, 0.15) is 37.4 Å². The number of rotatable bonds is 6. The Kier molecular flexibility index (Phi) is 5.07. The van der Waals surface area contributed by atoms with E-state index in [-0.39, 0.29) is 12.1 Å². The van der Waals surface area contributed by atoms with Crippen molar-refractivity contribution in [1.29, 1.82) is 0 Å². The van der Waals surface area contributed by atoms with Crippen molar-refractivity contribution in [3.05, 3.63) is 34.9 Å². The summed E-state index contributed by atoms with van der Waals surface area (Å²) in [7, 11) is 0. The fraction of sp³-hybridized carbons (Fsp3) is 0.600. The number of fused-ring (bicyclic) bond motifs is 1. The molecule has 2 N–H and O–H groups in total. The Hall–Kier alpha value is -1.04. The molecule has 0 radical (unpaired) electrons. The van der Waals surface area contributed by atoms with Crippen molar-refractivity contribution in [3.63, 3.8) is 0 Å². The molecule has 3 nitrogen and oxygen atoms in total. The van der Waals surface area contributed by atoms with Gasteiger partial charge in [-0.05, 0) is 31.9 Å². The van der Waals surface area contributed by atoms with Gasteiger partial charge >= 0.3 is 0 Å². The summed E-state index contributed by atoms with van der Waals surface area (Å²) in [5, 5.41) is 0. The Labute approximate surface area is 118 Å². The van der Waals surface area contributed by atoms with Gasteiger partial charge in [-0.2, -0.15) is 0 Å². The molecule has 1 aliphatic rings. The molecule has 0 fully saturated rings. The molecule has 0 saturated carbocycles. The summed E-state index contributed by atoms with van der Waals surface area (Å²) >= 11 is 0. The number of ether oxygens (including phenoxy) is 1. The van der Waals surface area contributed by atoms with Crippen LogP contribution in [0, 0.1) is 11.6 Å². The first-order valence-corrected chi connectivity index (χ1v) is 7.06. The van der Waals surface area contributed by atoms with Gasteiger partial charge in [0.05, 0.1) is 12.1 Å². The second-order valence-electron chi connectivity index (χ2n) is 5.46. The normalized spacial score (nSPS) is 18.8. The molecule has 0 saturated heterocycles. The van der Waals surface area contributed by atoms with E-state index in [1.54, 1.807) is 0 Å². The van der Waals surface area contributed by atoms with Gasteiger partial charge in [0, 0.05) is 37.9 Å². The van der Waals surface area contributed by atoms with Gasteiger partial charge in [-0.15, -0.1) is 0 Å². The van der Waals surface area contributed by atoms with Gasteiger partial charge in [-0.25, -0.2) is 8.78 Å². The zero-order chi connectivity index (χ0) is 14.7. The summed E-state index contributed by atoms with van der Waals surface area (Å²) in [6, 6.07) is 2.18. The summed E-state index contributed by atoms with van der Waals surface area (Å²) in [5.74, 6) is -1.02. The van der Waals surface area contributed by atoms with Crippen LogP contribution in [0.25, 0.3) is 0 Å². The minimum Gasteiger partial charge on any atom is -0.379 e. The van der Waals surface area contributed by atoms with E-state index in [2.05, 4.69) is 4.90 Å². The quantitative estimate of drug-likeness (QED) is 0.816. The van der Waals surface area contributed by atoms with E-state index in [0.717, 1.165) is 19.0 Å². The molecule has 0 amide bonds. The monoisotopic (exact) mass is 284 g/mol. The zero-order valence-electron chi connectivity index (χ0n) is 12.0. The van der Waals surface area contributed by atoms with Crippen molar-refractivity contribution < 1.29 is 13.5 Å². The molecule has 20 heavy (non-hydrogen) atoms. The Balaban J connectivity index is 2.02. The molecule has 1 aromatic carbocycles. The van der Waals surface area contributed by atoms with Crippen molar-refractivity contribution in [3.8, 4) is 0 Å². The molecule has 1 atom stereocenters. The highest BCUT2D eigenvalue weighted by atomic mass is 19.1. The maximum absolute atomic E-state index is 13.9. The molecule has 1 aliphatic heterocycles. The summed E-state index contributed by atoms with van der Waals surface area (Å²) in [6.45, 7) is 6.30. The summed E-state index contributed by atoms with van der Waals surface area (Å²) in [6.07, 6.45) is 1.06. The zero-order valence-corrected chi connectivity index (χ0v) is 12.0. The average molecular weight is 284 g/mol. The molecule has 2 rings (SSSR count). The first-order valence-electron chi connectivity index (χ1n) is 7.06. The van der Waals surface area contributed by atoms with Gasteiger partial charge in [0.1, 0.15) is 11.6 Å². The van der Waals surface area contributed by atoms with Crippen molar-refractivity contribution in [2.45, 2.75) is 39.0 Å². The number of hydrogen-bond donors (Lipinski definition) is 1. The lowest BCUT2D eigenvalue weighted by molar-refractivity contribution is 0.0674. The van der Waals surface area contributed by atoms with E-state index < -0.39 is 11.6 Å². The Morgan fingerprint density at radius 3 is 2.80 bits per heavy atom. The molecule has 0 spiro atoms. The minimum absolute atomic E-state index is 0.162. The third kappa shape index (κ3) is 3.34. The maximum atomic E-state index is 13.9. The molecule has 0 aromatic heterocycles. The van der Waals surface area contributed by atoms with Gasteiger partial charge in [-0.1, -0.05) is 0 Å². The van der Waals surface area contributed by atoms with E-state index in [9.17, 15) is 8.78 Å². The van der Waals surface area contributed by atoms with Crippen molar-refractivity contribution in [1.82, 2.24) is 4.90 Å². The Bertz CT molecular complexity index is 465. The smallest absolute Gasteiger partial charge is 0.131 e. The summed E-state index contributed by atoms with van der Waals surface area (Å²) in [5.41, 5.74) is 7.03. The van der Waals surface area contributed by atoms with Crippen molar-refractivity contribution >= 4 is 0 Å². The standard InChI is InChI=1S/C15H22F2N2O/c1-10(2)20-5-3-4-19-9-11-6-12(16)7-13(17)15(11)14(19)8-18/h6-7,10,14H,3-5,8-9,18H2,1-2H3. The summed E-state index contributed by atoms with van der Waals surface area (Å²) < 4.78 is 32.7. The van der Waals surface area contributed by atoms with Crippen LogP contribution in [-0.4, -0.2) is 30.7 Å². The minimum atomic E-state index is -0.526. The third-order valence-electron chi connectivity index (χ3n) is 3.59. The fourth-order valence-electron chi connectivity index (χ4n) is 2.74. The summed E-state index contributed by atoms with van der Waals surface area (Å²) in [4.78, 5) is 2.09. The van der Waals surface area contributed by atoms with Gasteiger partial charge in [0.2, 0.25) is 0 Å². The topological polar surface area (TPSA) is 38.5 Å². The van der Waals surface area contributed by atoms with Crippen molar-refractivity contribution in [2.75, 3.05) is 19.7 Å². The highest BCUT2D eigenvalue weighted by Crippen LogP contribution is 2.35. The lowest BCUT2D eigenvalue weighted by Crippen LogP contribution is -2.30. The third-order valence-corrected chi connectivity index (χ3v) is 3.59.